The van der Waals surface area contributed by atoms with Gasteiger partial charge in [-0.25, -0.2) is 4.98 Å². The zero-order chi connectivity index (χ0) is 14.7. The monoisotopic (exact) mass is 275 g/mol. The lowest BCUT2D eigenvalue weighted by Gasteiger charge is -2.12. The molecular formula is C15H25N5. The van der Waals surface area contributed by atoms with Crippen LogP contribution in [0.4, 0.5) is 0 Å². The summed E-state index contributed by atoms with van der Waals surface area (Å²) in [7, 11) is 1.99. The maximum atomic E-state index is 4.44. The van der Waals surface area contributed by atoms with Gasteiger partial charge in [0.05, 0.1) is 23.6 Å². The maximum Gasteiger partial charge on any atom is 0.106 e. The van der Waals surface area contributed by atoms with E-state index in [0.29, 0.717) is 5.92 Å². The maximum absolute atomic E-state index is 4.44. The molecule has 0 aromatic carbocycles. The third-order valence-electron chi connectivity index (χ3n) is 3.42. The van der Waals surface area contributed by atoms with Gasteiger partial charge in [0.25, 0.3) is 0 Å². The molecule has 0 aliphatic heterocycles. The molecule has 110 valence electrons. The fourth-order valence-electron chi connectivity index (χ4n) is 2.34. The average molecular weight is 275 g/mol. The highest BCUT2D eigenvalue weighted by Crippen LogP contribution is 2.10. The highest BCUT2D eigenvalue weighted by atomic mass is 15.3. The molecule has 0 aliphatic rings. The number of nitrogens with one attached hydrogen (secondary N) is 1. The van der Waals surface area contributed by atoms with Crippen LogP contribution in [-0.4, -0.2) is 25.9 Å². The molecule has 1 N–H and O–H groups in total. The summed E-state index contributed by atoms with van der Waals surface area (Å²) in [4.78, 5) is 4.44. The normalized spacial score (nSPS) is 11.5. The highest BCUT2D eigenvalue weighted by Gasteiger charge is 2.10. The van der Waals surface area contributed by atoms with E-state index in [9.17, 15) is 0 Å². The second-order valence-corrected chi connectivity index (χ2v) is 5.81. The van der Waals surface area contributed by atoms with Gasteiger partial charge in [-0.3, -0.25) is 4.68 Å². The van der Waals surface area contributed by atoms with Crippen LogP contribution < -0.4 is 5.32 Å². The molecule has 0 saturated heterocycles. The van der Waals surface area contributed by atoms with E-state index in [1.807, 2.05) is 24.9 Å². The molecule has 2 rings (SSSR count). The number of nitrogens with zero attached hydrogens (tertiary/aromatic N) is 4. The Bertz CT molecular complexity index is 565. The second kappa shape index (κ2) is 6.22. The molecule has 0 aliphatic carbocycles. The van der Waals surface area contributed by atoms with E-state index in [0.717, 1.165) is 31.2 Å². The fraction of sp³-hybridized carbons (Fsp3) is 0.600. The Morgan fingerprint density at radius 1 is 1.25 bits per heavy atom. The number of hydrogen-bond donors (Lipinski definition) is 1. The number of rotatable bonds is 6. The first kappa shape index (κ1) is 14.8. The molecule has 0 bridgehead atoms. The molecule has 5 heteroatoms. The van der Waals surface area contributed by atoms with Gasteiger partial charge in [0.15, 0.2) is 0 Å². The first-order valence-corrected chi connectivity index (χ1v) is 7.18. The number of imidazole rings is 1. The summed E-state index contributed by atoms with van der Waals surface area (Å²) in [6.45, 7) is 11.2. The lowest BCUT2D eigenvalue weighted by Crippen LogP contribution is -2.21. The molecule has 0 spiro atoms. The first-order valence-electron chi connectivity index (χ1n) is 7.18. The summed E-state index contributed by atoms with van der Waals surface area (Å²) >= 11 is 0. The van der Waals surface area contributed by atoms with E-state index < -0.39 is 0 Å². The van der Waals surface area contributed by atoms with Gasteiger partial charge in [-0.1, -0.05) is 13.8 Å². The van der Waals surface area contributed by atoms with Crippen LogP contribution in [0.25, 0.3) is 0 Å². The van der Waals surface area contributed by atoms with Crippen molar-refractivity contribution in [1.82, 2.24) is 24.6 Å². The summed E-state index contributed by atoms with van der Waals surface area (Å²) in [5, 5.41) is 7.88. The molecule has 20 heavy (non-hydrogen) atoms. The molecule has 2 aromatic heterocycles. The van der Waals surface area contributed by atoms with E-state index >= 15 is 0 Å². The molecule has 2 aromatic rings. The zero-order valence-electron chi connectivity index (χ0n) is 13.1. The van der Waals surface area contributed by atoms with Crippen LogP contribution in [0.3, 0.4) is 0 Å². The number of hydrogen-bond acceptors (Lipinski definition) is 3. The van der Waals surface area contributed by atoms with Gasteiger partial charge in [0, 0.05) is 19.8 Å². The van der Waals surface area contributed by atoms with Gasteiger partial charge in [-0.2, -0.15) is 5.10 Å². The van der Waals surface area contributed by atoms with Crippen molar-refractivity contribution >= 4 is 0 Å². The van der Waals surface area contributed by atoms with Crippen molar-refractivity contribution in [2.24, 2.45) is 13.0 Å². The molecule has 0 unspecified atom stereocenters. The Balaban J connectivity index is 2.11. The van der Waals surface area contributed by atoms with E-state index in [4.69, 9.17) is 0 Å². The van der Waals surface area contributed by atoms with E-state index in [1.54, 1.807) is 0 Å². The topological polar surface area (TPSA) is 47.7 Å². The molecule has 0 saturated carbocycles. The third kappa shape index (κ3) is 3.48. The molecule has 2 heterocycles. The SMILES string of the molecule is Cc1cc(Cn2c(CNCC(C)C)cnc2C)n(C)n1. The van der Waals surface area contributed by atoms with Crippen LogP contribution in [0.15, 0.2) is 12.3 Å². The summed E-state index contributed by atoms with van der Waals surface area (Å²) in [5.74, 6) is 1.71. The Kier molecular flexibility index (Phi) is 4.60. The Morgan fingerprint density at radius 2 is 2.00 bits per heavy atom. The van der Waals surface area contributed by atoms with Gasteiger partial charge in [0.2, 0.25) is 0 Å². The highest BCUT2D eigenvalue weighted by molar-refractivity contribution is 5.13. The molecule has 0 amide bonds. The first-order chi connectivity index (χ1) is 9.47. The van der Waals surface area contributed by atoms with Crippen molar-refractivity contribution < 1.29 is 0 Å². The third-order valence-corrected chi connectivity index (χ3v) is 3.42. The van der Waals surface area contributed by atoms with Crippen molar-refractivity contribution in [3.63, 3.8) is 0 Å². The Labute approximate surface area is 121 Å². The van der Waals surface area contributed by atoms with Crippen LogP contribution in [0.1, 0.15) is 36.8 Å². The van der Waals surface area contributed by atoms with Crippen LogP contribution in [-0.2, 0) is 20.1 Å². The minimum absolute atomic E-state index is 0.659. The number of aromatic nitrogens is 4. The summed E-state index contributed by atoms with van der Waals surface area (Å²) in [6.07, 6.45) is 1.96. The van der Waals surface area contributed by atoms with Gasteiger partial charge >= 0.3 is 0 Å². The minimum atomic E-state index is 0.659. The van der Waals surface area contributed by atoms with Gasteiger partial charge in [-0.05, 0) is 32.4 Å². The predicted molar refractivity (Wildman–Crippen MR) is 80.6 cm³/mol. The Hall–Kier alpha value is -1.62. The largest absolute Gasteiger partial charge is 0.325 e. The molecule has 0 fully saturated rings. The van der Waals surface area contributed by atoms with Gasteiger partial charge < -0.3 is 9.88 Å². The second-order valence-electron chi connectivity index (χ2n) is 5.81. The molecular weight excluding hydrogens is 250 g/mol. The van der Waals surface area contributed by atoms with E-state index in [2.05, 4.69) is 46.8 Å². The van der Waals surface area contributed by atoms with Crippen molar-refractivity contribution in [1.29, 1.82) is 0 Å². The quantitative estimate of drug-likeness (QED) is 0.877. The van der Waals surface area contributed by atoms with E-state index in [1.165, 1.54) is 11.4 Å². The van der Waals surface area contributed by atoms with E-state index in [-0.39, 0.29) is 0 Å². The van der Waals surface area contributed by atoms with Crippen molar-refractivity contribution in [2.75, 3.05) is 6.54 Å². The van der Waals surface area contributed by atoms with Crippen molar-refractivity contribution in [2.45, 2.75) is 40.8 Å². The standard InChI is InChI=1S/C15H25N5/c1-11(2)7-16-8-15-9-17-13(4)20(15)10-14-6-12(3)18-19(14)5/h6,9,11,16H,7-8,10H2,1-5H3. The lowest BCUT2D eigenvalue weighted by molar-refractivity contribution is 0.534. The van der Waals surface area contributed by atoms with Gasteiger partial charge in [0.1, 0.15) is 5.82 Å². The van der Waals surface area contributed by atoms with Crippen LogP contribution in [0, 0.1) is 19.8 Å². The fourth-order valence-corrected chi connectivity index (χ4v) is 2.34. The summed E-state index contributed by atoms with van der Waals surface area (Å²) in [5.41, 5.74) is 3.48. The van der Waals surface area contributed by atoms with Crippen molar-refractivity contribution in [3.8, 4) is 0 Å². The molecule has 0 radical (unpaired) electrons. The zero-order valence-corrected chi connectivity index (χ0v) is 13.1. The number of aryl methyl sites for hydroxylation is 3. The summed E-state index contributed by atoms with van der Waals surface area (Å²) < 4.78 is 4.20. The van der Waals surface area contributed by atoms with Crippen molar-refractivity contribution in [3.05, 3.63) is 35.2 Å². The summed E-state index contributed by atoms with van der Waals surface area (Å²) in [6, 6.07) is 2.13. The predicted octanol–water partition coefficient (Wildman–Crippen LogP) is 2.03. The Morgan fingerprint density at radius 3 is 2.60 bits per heavy atom. The average Bonchev–Trinajstić information content (AvgIpc) is 2.85. The minimum Gasteiger partial charge on any atom is -0.325 e. The smallest absolute Gasteiger partial charge is 0.106 e. The van der Waals surface area contributed by atoms with Gasteiger partial charge in [-0.15, -0.1) is 0 Å². The lowest BCUT2D eigenvalue weighted by atomic mass is 10.2. The molecule has 5 nitrogen and oxygen atoms in total. The van der Waals surface area contributed by atoms with Crippen LogP contribution in [0.5, 0.6) is 0 Å². The van der Waals surface area contributed by atoms with Crippen LogP contribution >= 0.6 is 0 Å². The van der Waals surface area contributed by atoms with Crippen LogP contribution in [0.2, 0.25) is 0 Å². The molecule has 0 atom stereocenters.